The highest BCUT2D eigenvalue weighted by atomic mass is 79.9. The summed E-state index contributed by atoms with van der Waals surface area (Å²) >= 11 is 3.46. The summed E-state index contributed by atoms with van der Waals surface area (Å²) in [6.45, 7) is 2.07. The number of para-hydroxylation sites is 2. The molecule has 0 aliphatic heterocycles. The standard InChI is InChI=1S/C16H17BrN2O/c1-3-12-8-4-6-10-14(12)18-16(20)19(2)15-11-7-5-9-13(15)17/h4-11H,3H2,1-2H3,(H,18,20). The fraction of sp³-hybridized carbons (Fsp3) is 0.188. The van der Waals surface area contributed by atoms with Crippen molar-refractivity contribution in [1.29, 1.82) is 0 Å². The first-order valence-corrected chi connectivity index (χ1v) is 7.30. The third-order valence-electron chi connectivity index (χ3n) is 3.16. The molecule has 0 spiro atoms. The Morgan fingerprint density at radius 2 is 1.80 bits per heavy atom. The lowest BCUT2D eigenvalue weighted by Gasteiger charge is -2.20. The SMILES string of the molecule is CCc1ccccc1NC(=O)N(C)c1ccccc1Br. The monoisotopic (exact) mass is 332 g/mol. The quantitative estimate of drug-likeness (QED) is 0.869. The Morgan fingerprint density at radius 3 is 2.50 bits per heavy atom. The van der Waals surface area contributed by atoms with Crippen LogP contribution in [0.3, 0.4) is 0 Å². The number of nitrogens with zero attached hydrogens (tertiary/aromatic N) is 1. The normalized spacial score (nSPS) is 10.2. The average Bonchev–Trinajstić information content (AvgIpc) is 2.47. The van der Waals surface area contributed by atoms with Crippen molar-refractivity contribution in [2.75, 3.05) is 17.3 Å². The zero-order valence-corrected chi connectivity index (χ0v) is 13.1. The lowest BCUT2D eigenvalue weighted by molar-refractivity contribution is 0.258. The van der Waals surface area contributed by atoms with Crippen molar-refractivity contribution >= 4 is 33.3 Å². The molecule has 2 amide bonds. The molecule has 0 bridgehead atoms. The number of amides is 2. The number of halogens is 1. The number of aryl methyl sites for hydroxylation is 1. The molecule has 0 atom stereocenters. The second kappa shape index (κ2) is 6.57. The van der Waals surface area contributed by atoms with Crippen LogP contribution in [0.15, 0.2) is 53.0 Å². The summed E-state index contributed by atoms with van der Waals surface area (Å²) in [6, 6.07) is 15.3. The van der Waals surface area contributed by atoms with Gasteiger partial charge in [-0.2, -0.15) is 0 Å². The van der Waals surface area contributed by atoms with E-state index in [0.717, 1.165) is 27.8 Å². The third kappa shape index (κ3) is 3.20. The fourth-order valence-electron chi connectivity index (χ4n) is 1.98. The van der Waals surface area contributed by atoms with Crippen LogP contribution < -0.4 is 10.2 Å². The molecule has 0 heterocycles. The molecule has 2 aromatic carbocycles. The predicted octanol–water partition coefficient (Wildman–Crippen LogP) is 4.68. The number of hydrogen-bond donors (Lipinski definition) is 1. The van der Waals surface area contributed by atoms with Crippen LogP contribution in [-0.4, -0.2) is 13.1 Å². The summed E-state index contributed by atoms with van der Waals surface area (Å²) in [4.78, 5) is 13.9. The van der Waals surface area contributed by atoms with Crippen LogP contribution in [0.5, 0.6) is 0 Å². The van der Waals surface area contributed by atoms with Crippen molar-refractivity contribution < 1.29 is 4.79 Å². The van der Waals surface area contributed by atoms with Crippen molar-refractivity contribution in [3.63, 3.8) is 0 Å². The number of nitrogens with one attached hydrogen (secondary N) is 1. The van der Waals surface area contributed by atoms with E-state index in [1.54, 1.807) is 11.9 Å². The van der Waals surface area contributed by atoms with Gasteiger partial charge in [-0.3, -0.25) is 4.90 Å². The molecule has 0 fully saturated rings. The molecule has 2 rings (SSSR count). The number of benzene rings is 2. The first-order chi connectivity index (χ1) is 9.63. The van der Waals surface area contributed by atoms with E-state index >= 15 is 0 Å². The Bertz CT molecular complexity index is 613. The number of carbonyl (C=O) groups is 1. The summed E-state index contributed by atoms with van der Waals surface area (Å²) in [6.07, 6.45) is 0.884. The lowest BCUT2D eigenvalue weighted by atomic mass is 10.1. The Labute approximate surface area is 127 Å². The molecule has 0 radical (unpaired) electrons. The molecule has 0 unspecified atom stereocenters. The highest BCUT2D eigenvalue weighted by molar-refractivity contribution is 9.10. The Balaban J connectivity index is 2.18. The summed E-state index contributed by atoms with van der Waals surface area (Å²) in [5.74, 6) is 0. The molecular weight excluding hydrogens is 316 g/mol. The van der Waals surface area contributed by atoms with E-state index in [4.69, 9.17) is 0 Å². The van der Waals surface area contributed by atoms with Crippen LogP contribution in [-0.2, 0) is 6.42 Å². The summed E-state index contributed by atoms with van der Waals surface area (Å²) in [7, 11) is 1.75. The third-order valence-corrected chi connectivity index (χ3v) is 3.83. The van der Waals surface area contributed by atoms with Gasteiger partial charge in [-0.05, 0) is 46.1 Å². The van der Waals surface area contributed by atoms with Crippen molar-refractivity contribution in [1.82, 2.24) is 0 Å². The van der Waals surface area contributed by atoms with Gasteiger partial charge in [0, 0.05) is 17.2 Å². The smallest absolute Gasteiger partial charge is 0.307 e. The minimum absolute atomic E-state index is 0.155. The summed E-state index contributed by atoms with van der Waals surface area (Å²) in [5.41, 5.74) is 2.82. The van der Waals surface area contributed by atoms with Crippen LogP contribution in [0.25, 0.3) is 0 Å². The largest absolute Gasteiger partial charge is 0.326 e. The van der Waals surface area contributed by atoms with Gasteiger partial charge in [0.2, 0.25) is 0 Å². The number of rotatable bonds is 3. The maximum atomic E-state index is 12.3. The molecule has 0 saturated heterocycles. The highest BCUT2D eigenvalue weighted by Crippen LogP contribution is 2.25. The van der Waals surface area contributed by atoms with Gasteiger partial charge in [-0.15, -0.1) is 0 Å². The second-order valence-electron chi connectivity index (χ2n) is 4.45. The minimum atomic E-state index is -0.155. The topological polar surface area (TPSA) is 32.3 Å². The first kappa shape index (κ1) is 14.6. The van der Waals surface area contributed by atoms with Gasteiger partial charge in [0.25, 0.3) is 0 Å². The number of urea groups is 1. The van der Waals surface area contributed by atoms with Crippen LogP contribution in [0.4, 0.5) is 16.2 Å². The second-order valence-corrected chi connectivity index (χ2v) is 5.31. The molecule has 0 saturated carbocycles. The molecular formula is C16H17BrN2O. The van der Waals surface area contributed by atoms with E-state index in [1.807, 2.05) is 48.5 Å². The number of carbonyl (C=O) groups excluding carboxylic acids is 1. The zero-order chi connectivity index (χ0) is 14.5. The van der Waals surface area contributed by atoms with Gasteiger partial charge in [0.1, 0.15) is 0 Å². The molecule has 1 N–H and O–H groups in total. The Hall–Kier alpha value is -1.81. The van der Waals surface area contributed by atoms with Crippen LogP contribution in [0, 0.1) is 0 Å². The molecule has 0 aliphatic carbocycles. The van der Waals surface area contributed by atoms with Crippen LogP contribution in [0.1, 0.15) is 12.5 Å². The maximum Gasteiger partial charge on any atom is 0.326 e. The van der Waals surface area contributed by atoms with Crippen molar-refractivity contribution in [3.05, 3.63) is 58.6 Å². The van der Waals surface area contributed by atoms with Crippen LogP contribution >= 0.6 is 15.9 Å². The van der Waals surface area contributed by atoms with Gasteiger partial charge in [-0.1, -0.05) is 37.3 Å². The molecule has 4 heteroatoms. The Kier molecular flexibility index (Phi) is 4.79. The molecule has 104 valence electrons. The number of hydrogen-bond acceptors (Lipinski definition) is 1. The van der Waals surface area contributed by atoms with Crippen molar-refractivity contribution in [2.45, 2.75) is 13.3 Å². The van der Waals surface area contributed by atoms with E-state index < -0.39 is 0 Å². The van der Waals surface area contributed by atoms with Gasteiger partial charge in [0.05, 0.1) is 5.69 Å². The van der Waals surface area contributed by atoms with E-state index in [1.165, 1.54) is 0 Å². The van der Waals surface area contributed by atoms with Crippen LogP contribution in [0.2, 0.25) is 0 Å². The maximum absolute atomic E-state index is 12.3. The minimum Gasteiger partial charge on any atom is -0.307 e. The molecule has 3 nitrogen and oxygen atoms in total. The predicted molar refractivity (Wildman–Crippen MR) is 87.4 cm³/mol. The zero-order valence-electron chi connectivity index (χ0n) is 11.6. The number of anilines is 2. The molecule has 2 aromatic rings. The van der Waals surface area contributed by atoms with E-state index in [9.17, 15) is 4.79 Å². The Morgan fingerprint density at radius 1 is 1.15 bits per heavy atom. The molecule has 0 aliphatic rings. The van der Waals surface area contributed by atoms with E-state index in [0.29, 0.717) is 0 Å². The lowest BCUT2D eigenvalue weighted by Crippen LogP contribution is -2.31. The fourth-order valence-corrected chi connectivity index (χ4v) is 2.53. The molecule has 20 heavy (non-hydrogen) atoms. The summed E-state index contributed by atoms with van der Waals surface area (Å²) < 4.78 is 0.890. The average molecular weight is 333 g/mol. The van der Waals surface area contributed by atoms with Crippen molar-refractivity contribution in [2.24, 2.45) is 0 Å². The van der Waals surface area contributed by atoms with Gasteiger partial charge in [-0.25, -0.2) is 4.79 Å². The van der Waals surface area contributed by atoms with E-state index in [-0.39, 0.29) is 6.03 Å². The van der Waals surface area contributed by atoms with Crippen molar-refractivity contribution in [3.8, 4) is 0 Å². The summed E-state index contributed by atoms with van der Waals surface area (Å²) in [5, 5.41) is 2.95. The van der Waals surface area contributed by atoms with Gasteiger partial charge in [0.15, 0.2) is 0 Å². The molecule has 0 aromatic heterocycles. The van der Waals surface area contributed by atoms with E-state index in [2.05, 4.69) is 28.2 Å². The highest BCUT2D eigenvalue weighted by Gasteiger charge is 2.14. The van der Waals surface area contributed by atoms with Gasteiger partial charge >= 0.3 is 6.03 Å². The van der Waals surface area contributed by atoms with Gasteiger partial charge < -0.3 is 5.32 Å². The first-order valence-electron chi connectivity index (χ1n) is 6.50.